The van der Waals surface area contributed by atoms with E-state index in [0.717, 1.165) is 6.42 Å². The Bertz CT molecular complexity index is 324. The summed E-state index contributed by atoms with van der Waals surface area (Å²) in [6.45, 7) is 2.01. The first kappa shape index (κ1) is 8.81. The van der Waals surface area contributed by atoms with Gasteiger partial charge >= 0.3 is 0 Å². The number of nitrogens with zero attached hydrogens (tertiary/aromatic N) is 1. The lowest BCUT2D eigenvalue weighted by Crippen LogP contribution is -2.35. The summed E-state index contributed by atoms with van der Waals surface area (Å²) in [6, 6.07) is 0. The number of imide groups is 1. The van der Waals surface area contributed by atoms with Crippen LogP contribution in [0.2, 0.25) is 0 Å². The molecule has 2 rings (SSSR count). The average molecular weight is 197 g/mol. The molecular formula is C9H11NO2S. The van der Waals surface area contributed by atoms with Gasteiger partial charge in [-0.2, -0.15) is 0 Å². The van der Waals surface area contributed by atoms with Crippen molar-refractivity contribution in [2.24, 2.45) is 0 Å². The van der Waals surface area contributed by atoms with Crippen LogP contribution in [0.1, 0.15) is 19.8 Å². The summed E-state index contributed by atoms with van der Waals surface area (Å²) in [5.74, 6) is -0.0319. The van der Waals surface area contributed by atoms with Crippen LogP contribution in [0.3, 0.4) is 0 Å². The van der Waals surface area contributed by atoms with Crippen LogP contribution >= 0.6 is 11.8 Å². The maximum absolute atomic E-state index is 11.7. The van der Waals surface area contributed by atoms with Crippen molar-refractivity contribution in [1.82, 2.24) is 4.90 Å². The van der Waals surface area contributed by atoms with Gasteiger partial charge in [-0.1, -0.05) is 11.6 Å². The van der Waals surface area contributed by atoms with Crippen LogP contribution in [0.4, 0.5) is 4.79 Å². The Hall–Kier alpha value is -0.770. The summed E-state index contributed by atoms with van der Waals surface area (Å²) in [7, 11) is 1.56. The van der Waals surface area contributed by atoms with E-state index in [4.69, 9.17) is 0 Å². The van der Waals surface area contributed by atoms with Gasteiger partial charge in [0.1, 0.15) is 4.75 Å². The normalized spacial score (nSPS) is 33.4. The van der Waals surface area contributed by atoms with E-state index in [1.54, 1.807) is 7.05 Å². The maximum atomic E-state index is 11.7. The molecule has 1 unspecified atom stereocenters. The second kappa shape index (κ2) is 2.61. The summed E-state index contributed by atoms with van der Waals surface area (Å²) in [5, 5.41) is -0.117. The molecule has 0 aromatic carbocycles. The van der Waals surface area contributed by atoms with E-state index in [1.165, 1.54) is 22.2 Å². The summed E-state index contributed by atoms with van der Waals surface area (Å²) < 4.78 is -0.476. The largest absolute Gasteiger partial charge is 0.289 e. The van der Waals surface area contributed by atoms with Crippen LogP contribution in [-0.2, 0) is 4.79 Å². The molecule has 1 aliphatic carbocycles. The first-order valence-electron chi connectivity index (χ1n) is 4.22. The Kier molecular flexibility index (Phi) is 1.77. The van der Waals surface area contributed by atoms with Crippen molar-refractivity contribution in [3.8, 4) is 0 Å². The standard InChI is InChI=1S/C9H11NO2S/c1-6-3-4-9(5-6)7(11)10(2)8(12)13-9/h3H,4-5H2,1-2H3. The molecule has 4 heteroatoms. The molecule has 1 aliphatic heterocycles. The van der Waals surface area contributed by atoms with E-state index in [1.807, 2.05) is 6.92 Å². The number of rotatable bonds is 0. The first-order valence-corrected chi connectivity index (χ1v) is 5.04. The predicted molar refractivity (Wildman–Crippen MR) is 51.5 cm³/mol. The third-order valence-corrected chi connectivity index (χ3v) is 3.92. The molecule has 0 aromatic heterocycles. The van der Waals surface area contributed by atoms with Gasteiger partial charge in [0.15, 0.2) is 0 Å². The lowest BCUT2D eigenvalue weighted by atomic mass is 10.0. The van der Waals surface area contributed by atoms with E-state index in [0.29, 0.717) is 6.42 Å². The van der Waals surface area contributed by atoms with Crippen molar-refractivity contribution in [1.29, 1.82) is 0 Å². The van der Waals surface area contributed by atoms with E-state index in [-0.39, 0.29) is 11.1 Å². The summed E-state index contributed by atoms with van der Waals surface area (Å²) in [6.07, 6.45) is 3.49. The zero-order valence-electron chi connectivity index (χ0n) is 7.66. The summed E-state index contributed by atoms with van der Waals surface area (Å²) in [5.41, 5.74) is 1.21. The smallest absolute Gasteiger partial charge is 0.275 e. The molecule has 0 bridgehead atoms. The van der Waals surface area contributed by atoms with Crippen molar-refractivity contribution in [2.45, 2.75) is 24.5 Å². The Morgan fingerprint density at radius 2 is 2.23 bits per heavy atom. The van der Waals surface area contributed by atoms with Crippen LogP contribution in [-0.4, -0.2) is 27.8 Å². The number of thioether (sulfide) groups is 1. The van der Waals surface area contributed by atoms with Gasteiger partial charge in [0, 0.05) is 7.05 Å². The number of allylic oxidation sites excluding steroid dienone is 2. The van der Waals surface area contributed by atoms with Crippen LogP contribution in [0.5, 0.6) is 0 Å². The lowest BCUT2D eigenvalue weighted by Gasteiger charge is -2.17. The molecular weight excluding hydrogens is 186 g/mol. The number of carbonyl (C=O) groups is 2. The zero-order chi connectivity index (χ0) is 9.64. The SMILES string of the molecule is CC1=CCC2(C1)SC(=O)N(C)C2=O. The van der Waals surface area contributed by atoms with E-state index < -0.39 is 4.75 Å². The molecule has 1 atom stereocenters. The van der Waals surface area contributed by atoms with Crippen LogP contribution in [0.15, 0.2) is 11.6 Å². The fourth-order valence-corrected chi connectivity index (χ4v) is 3.09. The third-order valence-electron chi connectivity index (χ3n) is 2.60. The van der Waals surface area contributed by atoms with Gasteiger partial charge in [0.05, 0.1) is 0 Å². The topological polar surface area (TPSA) is 37.4 Å². The molecule has 1 spiro atoms. The van der Waals surface area contributed by atoms with Crippen LogP contribution in [0, 0.1) is 0 Å². The molecule has 1 fully saturated rings. The highest BCUT2D eigenvalue weighted by Gasteiger charge is 2.52. The summed E-state index contributed by atoms with van der Waals surface area (Å²) in [4.78, 5) is 24.3. The first-order chi connectivity index (χ1) is 6.05. The molecule has 0 radical (unpaired) electrons. The van der Waals surface area contributed by atoms with Gasteiger partial charge in [-0.3, -0.25) is 14.5 Å². The van der Waals surface area contributed by atoms with Gasteiger partial charge in [-0.15, -0.1) is 0 Å². The highest BCUT2D eigenvalue weighted by Crippen LogP contribution is 2.47. The van der Waals surface area contributed by atoms with Crippen molar-refractivity contribution >= 4 is 22.9 Å². The third kappa shape index (κ3) is 1.12. The van der Waals surface area contributed by atoms with E-state index in [9.17, 15) is 9.59 Å². The fourth-order valence-electron chi connectivity index (χ4n) is 1.84. The minimum absolute atomic E-state index is 0.0319. The second-order valence-electron chi connectivity index (χ2n) is 3.66. The maximum Gasteiger partial charge on any atom is 0.289 e. The Morgan fingerprint density at radius 1 is 1.54 bits per heavy atom. The van der Waals surface area contributed by atoms with Crippen LogP contribution < -0.4 is 0 Å². The van der Waals surface area contributed by atoms with Crippen molar-refractivity contribution in [3.63, 3.8) is 0 Å². The van der Waals surface area contributed by atoms with Crippen molar-refractivity contribution < 1.29 is 9.59 Å². The van der Waals surface area contributed by atoms with Gasteiger partial charge < -0.3 is 0 Å². The van der Waals surface area contributed by atoms with Gasteiger partial charge in [0.25, 0.3) is 5.24 Å². The summed E-state index contributed by atoms with van der Waals surface area (Å²) >= 11 is 1.18. The molecule has 1 heterocycles. The monoisotopic (exact) mass is 197 g/mol. The lowest BCUT2D eigenvalue weighted by molar-refractivity contribution is -0.128. The molecule has 0 saturated carbocycles. The highest BCUT2D eigenvalue weighted by atomic mass is 32.2. The van der Waals surface area contributed by atoms with Gasteiger partial charge in [0.2, 0.25) is 5.91 Å². The molecule has 2 amide bonds. The average Bonchev–Trinajstić information content (AvgIpc) is 2.53. The minimum atomic E-state index is -0.476. The van der Waals surface area contributed by atoms with Crippen molar-refractivity contribution in [3.05, 3.63) is 11.6 Å². The Morgan fingerprint density at radius 3 is 2.62 bits per heavy atom. The molecule has 2 aliphatic rings. The van der Waals surface area contributed by atoms with Crippen LogP contribution in [0.25, 0.3) is 0 Å². The molecule has 0 N–H and O–H groups in total. The minimum Gasteiger partial charge on any atom is -0.275 e. The molecule has 1 saturated heterocycles. The molecule has 13 heavy (non-hydrogen) atoms. The second-order valence-corrected chi connectivity index (χ2v) is 4.99. The van der Waals surface area contributed by atoms with E-state index in [2.05, 4.69) is 6.08 Å². The highest BCUT2D eigenvalue weighted by molar-refractivity contribution is 8.16. The molecule has 0 aromatic rings. The zero-order valence-corrected chi connectivity index (χ0v) is 8.48. The number of hydrogen-bond donors (Lipinski definition) is 0. The number of carbonyl (C=O) groups excluding carboxylic acids is 2. The molecule has 70 valence electrons. The van der Waals surface area contributed by atoms with Gasteiger partial charge in [-0.05, 0) is 31.5 Å². The fraction of sp³-hybridized carbons (Fsp3) is 0.556. The Balaban J connectivity index is 2.28. The van der Waals surface area contributed by atoms with Gasteiger partial charge in [-0.25, -0.2) is 0 Å². The van der Waals surface area contributed by atoms with E-state index >= 15 is 0 Å². The quantitative estimate of drug-likeness (QED) is 0.556. The van der Waals surface area contributed by atoms with Crippen molar-refractivity contribution in [2.75, 3.05) is 7.05 Å². The number of hydrogen-bond acceptors (Lipinski definition) is 3. The Labute approximate surface area is 81.2 Å². The molecule has 3 nitrogen and oxygen atoms in total. The number of amides is 2. The predicted octanol–water partition coefficient (Wildman–Crippen LogP) is 1.79.